The Morgan fingerprint density at radius 1 is 1.10 bits per heavy atom. The molecule has 0 spiro atoms. The van der Waals surface area contributed by atoms with Gasteiger partial charge in [0.15, 0.2) is 11.5 Å². The maximum atomic E-state index is 10.6. The zero-order valence-electron chi connectivity index (χ0n) is 12.4. The number of nitrogens with two attached hydrogens (primary N) is 1. The molecule has 0 aliphatic rings. The van der Waals surface area contributed by atoms with Crippen LogP contribution in [-0.2, 0) is 12.1 Å². The van der Waals surface area contributed by atoms with Crippen molar-refractivity contribution in [1.82, 2.24) is 0 Å². The van der Waals surface area contributed by atoms with Crippen LogP contribution in [-0.4, -0.2) is 18.8 Å². The largest absolute Gasteiger partial charge is 0.493 e. The zero-order valence-corrected chi connectivity index (χ0v) is 12.4. The Kier molecular flexibility index (Phi) is 4.83. The van der Waals surface area contributed by atoms with Gasteiger partial charge in [-0.25, -0.2) is 0 Å². The standard InChI is InChI=1S/C17H21NO3/c1-17(19,14-8-4-3-5-9-14)12-21-16-13(11-18)7-6-10-15(16)20-2/h3-10,19H,11-12,18H2,1-2H3. The molecule has 0 saturated carbocycles. The van der Waals surface area contributed by atoms with Crippen LogP contribution in [0.2, 0.25) is 0 Å². The van der Waals surface area contributed by atoms with Crippen molar-refractivity contribution < 1.29 is 14.6 Å². The first-order valence-corrected chi connectivity index (χ1v) is 6.85. The van der Waals surface area contributed by atoms with E-state index in [-0.39, 0.29) is 6.61 Å². The van der Waals surface area contributed by atoms with Gasteiger partial charge in [-0.15, -0.1) is 0 Å². The molecule has 0 fully saturated rings. The maximum absolute atomic E-state index is 10.6. The molecule has 0 radical (unpaired) electrons. The molecule has 2 aromatic rings. The van der Waals surface area contributed by atoms with Gasteiger partial charge in [-0.2, -0.15) is 0 Å². The highest BCUT2D eigenvalue weighted by Gasteiger charge is 2.25. The van der Waals surface area contributed by atoms with Gasteiger partial charge in [0, 0.05) is 12.1 Å². The number of para-hydroxylation sites is 1. The minimum atomic E-state index is -1.09. The van der Waals surface area contributed by atoms with Gasteiger partial charge in [-0.3, -0.25) is 0 Å². The lowest BCUT2D eigenvalue weighted by Crippen LogP contribution is -2.29. The Morgan fingerprint density at radius 2 is 1.81 bits per heavy atom. The molecular formula is C17H21NO3. The van der Waals surface area contributed by atoms with E-state index >= 15 is 0 Å². The van der Waals surface area contributed by atoms with E-state index in [9.17, 15) is 5.11 Å². The molecule has 0 aliphatic heterocycles. The minimum Gasteiger partial charge on any atom is -0.493 e. The van der Waals surface area contributed by atoms with E-state index in [0.717, 1.165) is 11.1 Å². The highest BCUT2D eigenvalue weighted by molar-refractivity contribution is 5.46. The Hall–Kier alpha value is -2.04. The van der Waals surface area contributed by atoms with E-state index in [1.165, 1.54) is 0 Å². The third-order valence-corrected chi connectivity index (χ3v) is 3.39. The molecule has 2 rings (SSSR count). The van der Waals surface area contributed by atoms with Crippen LogP contribution in [0.3, 0.4) is 0 Å². The highest BCUT2D eigenvalue weighted by atomic mass is 16.5. The van der Waals surface area contributed by atoms with Gasteiger partial charge < -0.3 is 20.3 Å². The van der Waals surface area contributed by atoms with Crippen LogP contribution >= 0.6 is 0 Å². The highest BCUT2D eigenvalue weighted by Crippen LogP contribution is 2.32. The molecule has 2 aromatic carbocycles. The summed E-state index contributed by atoms with van der Waals surface area (Å²) in [4.78, 5) is 0. The number of hydrogen-bond donors (Lipinski definition) is 2. The summed E-state index contributed by atoms with van der Waals surface area (Å²) in [7, 11) is 1.58. The number of hydrogen-bond acceptors (Lipinski definition) is 4. The van der Waals surface area contributed by atoms with Crippen LogP contribution in [0, 0.1) is 0 Å². The number of rotatable bonds is 6. The first-order valence-electron chi connectivity index (χ1n) is 6.85. The van der Waals surface area contributed by atoms with Gasteiger partial charge in [0.05, 0.1) is 7.11 Å². The Morgan fingerprint density at radius 3 is 2.43 bits per heavy atom. The van der Waals surface area contributed by atoms with Gasteiger partial charge in [-0.1, -0.05) is 42.5 Å². The number of ether oxygens (including phenoxy) is 2. The van der Waals surface area contributed by atoms with Gasteiger partial charge in [0.25, 0.3) is 0 Å². The summed E-state index contributed by atoms with van der Waals surface area (Å²) in [6.07, 6.45) is 0. The second kappa shape index (κ2) is 6.61. The second-order valence-corrected chi connectivity index (χ2v) is 5.08. The summed E-state index contributed by atoms with van der Waals surface area (Å²) in [5.74, 6) is 1.19. The van der Waals surface area contributed by atoms with Crippen molar-refractivity contribution in [3.8, 4) is 11.5 Å². The predicted molar refractivity (Wildman–Crippen MR) is 82.4 cm³/mol. The number of aliphatic hydroxyl groups is 1. The van der Waals surface area contributed by atoms with Crippen molar-refractivity contribution in [2.75, 3.05) is 13.7 Å². The van der Waals surface area contributed by atoms with Crippen LogP contribution in [0.5, 0.6) is 11.5 Å². The molecule has 0 heterocycles. The smallest absolute Gasteiger partial charge is 0.165 e. The molecular weight excluding hydrogens is 266 g/mol. The maximum Gasteiger partial charge on any atom is 0.165 e. The van der Waals surface area contributed by atoms with E-state index in [1.54, 1.807) is 14.0 Å². The van der Waals surface area contributed by atoms with Crippen LogP contribution in [0.15, 0.2) is 48.5 Å². The van der Waals surface area contributed by atoms with Crippen molar-refractivity contribution >= 4 is 0 Å². The van der Waals surface area contributed by atoms with Crippen molar-refractivity contribution in [2.45, 2.75) is 19.1 Å². The van der Waals surface area contributed by atoms with E-state index in [0.29, 0.717) is 18.0 Å². The molecule has 4 nitrogen and oxygen atoms in total. The van der Waals surface area contributed by atoms with Crippen molar-refractivity contribution in [1.29, 1.82) is 0 Å². The zero-order chi connectivity index (χ0) is 15.3. The van der Waals surface area contributed by atoms with E-state index < -0.39 is 5.60 Å². The van der Waals surface area contributed by atoms with Gasteiger partial charge >= 0.3 is 0 Å². The molecule has 0 amide bonds. The molecule has 1 unspecified atom stereocenters. The Bertz CT molecular complexity index is 560. The lowest BCUT2D eigenvalue weighted by molar-refractivity contribution is 0.00656. The average molecular weight is 287 g/mol. The minimum absolute atomic E-state index is 0.115. The van der Waals surface area contributed by atoms with Crippen molar-refractivity contribution in [3.63, 3.8) is 0 Å². The molecule has 21 heavy (non-hydrogen) atoms. The van der Waals surface area contributed by atoms with Crippen molar-refractivity contribution in [3.05, 3.63) is 59.7 Å². The number of methoxy groups -OCH3 is 1. The fraction of sp³-hybridized carbons (Fsp3) is 0.294. The molecule has 0 aromatic heterocycles. The molecule has 0 aliphatic carbocycles. The van der Waals surface area contributed by atoms with Gasteiger partial charge in [0.1, 0.15) is 12.2 Å². The van der Waals surface area contributed by atoms with Crippen LogP contribution in [0.25, 0.3) is 0 Å². The second-order valence-electron chi connectivity index (χ2n) is 5.08. The van der Waals surface area contributed by atoms with Crippen LogP contribution in [0.1, 0.15) is 18.1 Å². The molecule has 1 atom stereocenters. The molecule has 3 N–H and O–H groups in total. The summed E-state index contributed by atoms with van der Waals surface area (Å²) in [6, 6.07) is 15.0. The molecule has 0 bridgehead atoms. The third-order valence-electron chi connectivity index (χ3n) is 3.39. The quantitative estimate of drug-likeness (QED) is 0.856. The lowest BCUT2D eigenvalue weighted by atomic mass is 9.97. The molecule has 4 heteroatoms. The first-order chi connectivity index (χ1) is 10.1. The summed E-state index contributed by atoms with van der Waals surface area (Å²) in [6.45, 7) is 2.18. The summed E-state index contributed by atoms with van der Waals surface area (Å²) in [5, 5.41) is 10.6. The Balaban J connectivity index is 2.20. The molecule has 112 valence electrons. The SMILES string of the molecule is COc1cccc(CN)c1OCC(C)(O)c1ccccc1. The average Bonchev–Trinajstić information content (AvgIpc) is 2.53. The Labute approximate surface area is 125 Å². The molecule has 0 saturated heterocycles. The fourth-order valence-corrected chi connectivity index (χ4v) is 2.14. The predicted octanol–water partition coefficient (Wildman–Crippen LogP) is 2.44. The summed E-state index contributed by atoms with van der Waals surface area (Å²) < 4.78 is 11.1. The fourth-order valence-electron chi connectivity index (χ4n) is 2.14. The van der Waals surface area contributed by atoms with E-state index in [1.807, 2.05) is 48.5 Å². The van der Waals surface area contributed by atoms with Gasteiger partial charge in [-0.05, 0) is 18.6 Å². The third kappa shape index (κ3) is 3.54. The normalized spacial score (nSPS) is 13.5. The lowest BCUT2D eigenvalue weighted by Gasteiger charge is -2.25. The number of benzene rings is 2. The summed E-state index contributed by atoms with van der Waals surface area (Å²) in [5.41, 5.74) is 6.28. The monoisotopic (exact) mass is 287 g/mol. The van der Waals surface area contributed by atoms with Crippen molar-refractivity contribution in [2.24, 2.45) is 5.73 Å². The van der Waals surface area contributed by atoms with E-state index in [2.05, 4.69) is 0 Å². The summed E-state index contributed by atoms with van der Waals surface area (Å²) >= 11 is 0. The van der Waals surface area contributed by atoms with Crippen LogP contribution < -0.4 is 15.2 Å². The first kappa shape index (κ1) is 15.4. The van der Waals surface area contributed by atoms with E-state index in [4.69, 9.17) is 15.2 Å². The topological polar surface area (TPSA) is 64.7 Å². The van der Waals surface area contributed by atoms with Gasteiger partial charge in [0.2, 0.25) is 0 Å². The van der Waals surface area contributed by atoms with Crippen LogP contribution in [0.4, 0.5) is 0 Å².